The number of hydrogen-bond acceptors (Lipinski definition) is 11. The second kappa shape index (κ2) is 12.1. The molecule has 0 atom stereocenters. The Bertz CT molecular complexity index is 1250. The fourth-order valence-corrected chi connectivity index (χ4v) is 2.81. The Balaban J connectivity index is 1.79. The van der Waals surface area contributed by atoms with Gasteiger partial charge in [0.2, 0.25) is 0 Å². The molecule has 3 aromatic rings. The highest BCUT2D eigenvalue weighted by Gasteiger charge is 2.18. The maximum atomic E-state index is 12.7. The van der Waals surface area contributed by atoms with E-state index in [0.29, 0.717) is 22.9 Å². The number of esters is 1. The first-order valence-corrected chi connectivity index (χ1v) is 11.0. The maximum Gasteiger partial charge on any atom is 0.396 e. The normalized spacial score (nSPS) is 10.8. The van der Waals surface area contributed by atoms with Crippen LogP contribution in [0.5, 0.6) is 17.2 Å². The van der Waals surface area contributed by atoms with E-state index in [1.54, 1.807) is 38.2 Å². The van der Waals surface area contributed by atoms with E-state index in [9.17, 15) is 9.59 Å². The fraction of sp³-hybridized carbons (Fsp3) is 0.250. The van der Waals surface area contributed by atoms with Gasteiger partial charge in [0, 0.05) is 18.7 Å². The molecule has 0 fully saturated rings. The SMILES string of the molecule is CCOC(=O)c1nnc(-c2ccc(Oc3cc(OC(C)C)cc(C(=O)NC(=N)/C=C\NC)c3)cn2)o1. The van der Waals surface area contributed by atoms with Crippen molar-refractivity contribution >= 4 is 17.7 Å². The minimum Gasteiger partial charge on any atom is -0.491 e. The fourth-order valence-electron chi connectivity index (χ4n) is 2.81. The standard InChI is InChI=1S/C24H26N6O6/c1-5-33-24(32)23-30-29-22(36-23)19-7-6-16(13-27-19)35-18-11-15(10-17(12-18)34-14(2)3)21(31)28-20(25)8-9-26-4/h6-14,26H,5H2,1-4H3,(H2,25,28,31)/b9-8-. The number of nitrogens with one attached hydrogen (secondary N) is 3. The Morgan fingerprint density at radius 1 is 1.14 bits per heavy atom. The van der Waals surface area contributed by atoms with Crippen LogP contribution in [0.25, 0.3) is 11.6 Å². The number of amides is 1. The van der Waals surface area contributed by atoms with Gasteiger partial charge in [-0.3, -0.25) is 10.2 Å². The van der Waals surface area contributed by atoms with Crippen LogP contribution in [0.15, 0.2) is 53.2 Å². The van der Waals surface area contributed by atoms with Crippen molar-refractivity contribution in [3.63, 3.8) is 0 Å². The molecule has 0 saturated carbocycles. The van der Waals surface area contributed by atoms with Gasteiger partial charge in [0.25, 0.3) is 11.8 Å². The first-order chi connectivity index (χ1) is 17.3. The minimum absolute atomic E-state index is 0.0469. The third-order valence-corrected chi connectivity index (χ3v) is 4.25. The average Bonchev–Trinajstić information content (AvgIpc) is 3.33. The molecule has 3 rings (SSSR count). The van der Waals surface area contributed by atoms with Gasteiger partial charge in [0.1, 0.15) is 28.8 Å². The van der Waals surface area contributed by atoms with Crippen LogP contribution in [-0.4, -0.2) is 52.7 Å². The van der Waals surface area contributed by atoms with Gasteiger partial charge in [-0.1, -0.05) is 0 Å². The summed E-state index contributed by atoms with van der Waals surface area (Å²) in [5.41, 5.74) is 0.572. The van der Waals surface area contributed by atoms with Gasteiger partial charge in [0.15, 0.2) is 0 Å². The first-order valence-electron chi connectivity index (χ1n) is 11.0. The highest BCUT2D eigenvalue weighted by Crippen LogP contribution is 2.29. The van der Waals surface area contributed by atoms with Crippen molar-refractivity contribution in [2.24, 2.45) is 0 Å². The number of pyridine rings is 1. The zero-order chi connectivity index (χ0) is 26.1. The average molecular weight is 495 g/mol. The summed E-state index contributed by atoms with van der Waals surface area (Å²) in [6.07, 6.45) is 4.23. The Morgan fingerprint density at radius 3 is 2.58 bits per heavy atom. The zero-order valence-corrected chi connectivity index (χ0v) is 20.2. The lowest BCUT2D eigenvalue weighted by Crippen LogP contribution is -2.28. The minimum atomic E-state index is -0.715. The summed E-state index contributed by atoms with van der Waals surface area (Å²) >= 11 is 0. The number of ether oxygens (including phenoxy) is 3. The van der Waals surface area contributed by atoms with Gasteiger partial charge in [-0.25, -0.2) is 9.78 Å². The van der Waals surface area contributed by atoms with E-state index in [2.05, 4.69) is 25.8 Å². The molecule has 0 spiro atoms. The molecule has 0 radical (unpaired) electrons. The van der Waals surface area contributed by atoms with E-state index in [0.717, 1.165) is 0 Å². The number of carbonyl (C=O) groups excluding carboxylic acids is 2. The van der Waals surface area contributed by atoms with Crippen molar-refractivity contribution in [2.45, 2.75) is 26.9 Å². The Hall–Kier alpha value is -4.74. The summed E-state index contributed by atoms with van der Waals surface area (Å²) in [6.45, 7) is 5.57. The van der Waals surface area contributed by atoms with Crippen LogP contribution < -0.4 is 20.1 Å². The molecule has 0 saturated heterocycles. The molecule has 0 aliphatic rings. The Morgan fingerprint density at radius 2 is 1.92 bits per heavy atom. The van der Waals surface area contributed by atoms with E-state index in [1.807, 2.05) is 13.8 Å². The summed E-state index contributed by atoms with van der Waals surface area (Å²) in [5, 5.41) is 20.5. The van der Waals surface area contributed by atoms with Crippen molar-refractivity contribution < 1.29 is 28.2 Å². The van der Waals surface area contributed by atoms with Crippen molar-refractivity contribution in [3.05, 3.63) is 60.3 Å². The predicted molar refractivity (Wildman–Crippen MR) is 129 cm³/mol. The number of nitrogens with zero attached hydrogens (tertiary/aromatic N) is 3. The molecule has 12 nitrogen and oxygen atoms in total. The molecule has 2 aromatic heterocycles. The van der Waals surface area contributed by atoms with Crippen LogP contribution in [0.3, 0.4) is 0 Å². The van der Waals surface area contributed by atoms with Crippen LogP contribution in [0, 0.1) is 5.41 Å². The Kier molecular flexibility index (Phi) is 8.70. The molecule has 3 N–H and O–H groups in total. The van der Waals surface area contributed by atoms with Crippen LogP contribution in [0.4, 0.5) is 0 Å². The number of hydrogen-bond donors (Lipinski definition) is 3. The second-order valence-corrected chi connectivity index (χ2v) is 7.46. The molecular weight excluding hydrogens is 468 g/mol. The van der Waals surface area contributed by atoms with Crippen molar-refractivity contribution in [1.82, 2.24) is 25.8 Å². The third kappa shape index (κ3) is 7.13. The summed E-state index contributed by atoms with van der Waals surface area (Å²) in [6, 6.07) is 7.92. The number of aromatic nitrogens is 3. The molecule has 12 heteroatoms. The predicted octanol–water partition coefficient (Wildman–Crippen LogP) is 3.33. The maximum absolute atomic E-state index is 12.7. The molecule has 0 aliphatic heterocycles. The van der Waals surface area contributed by atoms with Crippen LogP contribution in [-0.2, 0) is 4.74 Å². The molecule has 0 unspecified atom stereocenters. The number of rotatable bonds is 10. The monoisotopic (exact) mass is 494 g/mol. The van der Waals surface area contributed by atoms with Gasteiger partial charge < -0.3 is 29.3 Å². The van der Waals surface area contributed by atoms with E-state index in [1.165, 1.54) is 24.5 Å². The van der Waals surface area contributed by atoms with Gasteiger partial charge in [0.05, 0.1) is 18.9 Å². The molecule has 0 bridgehead atoms. The van der Waals surface area contributed by atoms with Gasteiger partial charge in [-0.2, -0.15) is 0 Å². The van der Waals surface area contributed by atoms with E-state index >= 15 is 0 Å². The van der Waals surface area contributed by atoms with Crippen LogP contribution in [0.2, 0.25) is 0 Å². The summed E-state index contributed by atoms with van der Waals surface area (Å²) in [5.74, 6) is -0.406. The van der Waals surface area contributed by atoms with E-state index in [-0.39, 0.29) is 35.9 Å². The quantitative estimate of drug-likeness (QED) is 0.216. The summed E-state index contributed by atoms with van der Waals surface area (Å²) < 4.78 is 21.8. The number of amidine groups is 1. The number of benzene rings is 1. The third-order valence-electron chi connectivity index (χ3n) is 4.25. The lowest BCUT2D eigenvalue weighted by Gasteiger charge is -2.14. The highest BCUT2D eigenvalue weighted by molar-refractivity contribution is 6.09. The van der Waals surface area contributed by atoms with Gasteiger partial charge >= 0.3 is 11.9 Å². The molecule has 2 heterocycles. The Labute approximate surface area is 207 Å². The van der Waals surface area contributed by atoms with Crippen molar-refractivity contribution in [1.29, 1.82) is 5.41 Å². The molecule has 1 aromatic carbocycles. The van der Waals surface area contributed by atoms with Gasteiger partial charge in [-0.15, -0.1) is 10.2 Å². The molecule has 1 amide bonds. The molecule has 0 aliphatic carbocycles. The summed E-state index contributed by atoms with van der Waals surface area (Å²) in [4.78, 5) is 28.6. The zero-order valence-electron chi connectivity index (χ0n) is 20.2. The van der Waals surface area contributed by atoms with Crippen molar-refractivity contribution in [2.75, 3.05) is 13.7 Å². The van der Waals surface area contributed by atoms with E-state index in [4.69, 9.17) is 24.0 Å². The molecule has 36 heavy (non-hydrogen) atoms. The van der Waals surface area contributed by atoms with Gasteiger partial charge in [-0.05, 0) is 57.3 Å². The second-order valence-electron chi connectivity index (χ2n) is 7.46. The lowest BCUT2D eigenvalue weighted by molar-refractivity contribution is 0.0481. The van der Waals surface area contributed by atoms with Crippen LogP contribution in [0.1, 0.15) is 41.8 Å². The highest BCUT2D eigenvalue weighted by atomic mass is 16.5. The largest absolute Gasteiger partial charge is 0.491 e. The smallest absolute Gasteiger partial charge is 0.396 e. The molecule has 188 valence electrons. The number of carbonyl (C=O) groups is 2. The van der Waals surface area contributed by atoms with Crippen molar-refractivity contribution in [3.8, 4) is 28.8 Å². The van der Waals surface area contributed by atoms with Crippen LogP contribution >= 0.6 is 0 Å². The summed E-state index contributed by atoms with van der Waals surface area (Å²) in [7, 11) is 1.69. The molecular formula is C24H26N6O6. The van der Waals surface area contributed by atoms with E-state index < -0.39 is 11.9 Å². The first kappa shape index (κ1) is 25.9. The topological polar surface area (TPSA) is 162 Å². The lowest BCUT2D eigenvalue weighted by atomic mass is 10.2.